The van der Waals surface area contributed by atoms with Crippen LogP contribution < -0.4 is 49.1 Å². The molecular formula is C34H50N10O11. The van der Waals surface area contributed by atoms with Gasteiger partial charge in [-0.15, -0.1) is 0 Å². The number of nitrogens with one attached hydrogen (secondary N) is 7. The summed E-state index contributed by atoms with van der Waals surface area (Å²) in [5, 5.41) is 33.4. The van der Waals surface area contributed by atoms with E-state index in [9.17, 15) is 48.3 Å². The van der Waals surface area contributed by atoms with E-state index in [0.29, 0.717) is 19.4 Å². The number of carbonyl (C=O) groups excluding carboxylic acids is 7. The van der Waals surface area contributed by atoms with Crippen LogP contribution in [-0.4, -0.2) is 118 Å². The van der Waals surface area contributed by atoms with Gasteiger partial charge >= 0.3 is 11.9 Å². The third-order valence-corrected chi connectivity index (χ3v) is 8.24. The largest absolute Gasteiger partial charge is 0.481 e. The zero-order valence-electron chi connectivity index (χ0n) is 30.4. The molecule has 0 unspecified atom stereocenters. The first-order valence-electron chi connectivity index (χ1n) is 17.5. The fraction of sp³-hybridized carbons (Fsp3) is 0.500. The number of primary amides is 1. The van der Waals surface area contributed by atoms with E-state index in [1.165, 1.54) is 6.92 Å². The smallest absolute Gasteiger partial charge is 0.326 e. The molecule has 1 aromatic carbocycles. The van der Waals surface area contributed by atoms with Crippen LogP contribution in [0.4, 0.5) is 0 Å². The number of para-hydroxylation sites is 1. The number of rotatable bonds is 25. The van der Waals surface area contributed by atoms with Crippen LogP contribution in [0.2, 0.25) is 0 Å². The predicted molar refractivity (Wildman–Crippen MR) is 195 cm³/mol. The third-order valence-electron chi connectivity index (χ3n) is 8.24. The number of fused-ring (bicyclic) bond motifs is 1. The lowest BCUT2D eigenvalue weighted by molar-refractivity contribution is -0.142. The summed E-state index contributed by atoms with van der Waals surface area (Å²) in [6.45, 7) is 0.290. The van der Waals surface area contributed by atoms with E-state index in [1.54, 1.807) is 6.20 Å². The minimum absolute atomic E-state index is 0.0505. The van der Waals surface area contributed by atoms with Gasteiger partial charge in [0.25, 0.3) is 0 Å². The maximum absolute atomic E-state index is 13.0. The van der Waals surface area contributed by atoms with Crippen LogP contribution in [-0.2, 0) is 49.6 Å². The second-order valence-electron chi connectivity index (χ2n) is 12.7. The van der Waals surface area contributed by atoms with Crippen molar-refractivity contribution in [3.8, 4) is 0 Å². The number of carboxylic acids is 2. The number of H-pyrrole nitrogens is 1. The lowest BCUT2D eigenvalue weighted by Crippen LogP contribution is -2.56. The summed E-state index contributed by atoms with van der Waals surface area (Å²) >= 11 is 0. The van der Waals surface area contributed by atoms with Gasteiger partial charge in [0.05, 0.1) is 19.1 Å². The highest BCUT2D eigenvalue weighted by atomic mass is 16.4. The molecule has 302 valence electrons. The number of hydrogen-bond acceptors (Lipinski definition) is 11. The van der Waals surface area contributed by atoms with Crippen molar-refractivity contribution in [3.05, 3.63) is 36.0 Å². The summed E-state index contributed by atoms with van der Waals surface area (Å²) in [6, 6.07) is 0.990. The van der Waals surface area contributed by atoms with Crippen molar-refractivity contribution in [2.75, 3.05) is 19.6 Å². The SMILES string of the molecule is C[C@H](NC(=O)CNC(=O)[C@@H](N)Cc1c[nH]c2ccccc12)C(=O)N[C@@H](CCC(=O)O)C(=O)NCC(=O)N[C@@H](CCC(N)=O)C(=O)N[C@@H](CCCCN)C(=O)O. The van der Waals surface area contributed by atoms with Crippen LogP contribution in [0.15, 0.2) is 30.5 Å². The quantitative estimate of drug-likeness (QED) is 0.0438. The molecule has 0 aliphatic carbocycles. The summed E-state index contributed by atoms with van der Waals surface area (Å²) in [7, 11) is 0. The van der Waals surface area contributed by atoms with Crippen molar-refractivity contribution in [2.45, 2.75) is 88.5 Å². The Bertz CT molecular complexity index is 1700. The van der Waals surface area contributed by atoms with E-state index < -0.39 is 109 Å². The zero-order chi connectivity index (χ0) is 41.1. The molecule has 55 heavy (non-hydrogen) atoms. The number of benzene rings is 1. The summed E-state index contributed by atoms with van der Waals surface area (Å²) in [4.78, 5) is 114. The van der Waals surface area contributed by atoms with E-state index >= 15 is 0 Å². The summed E-state index contributed by atoms with van der Waals surface area (Å²) in [5.41, 5.74) is 18.3. The van der Waals surface area contributed by atoms with Crippen molar-refractivity contribution >= 4 is 64.2 Å². The van der Waals surface area contributed by atoms with Gasteiger partial charge < -0.3 is 64.3 Å². The first kappa shape index (κ1) is 45.1. The Morgan fingerprint density at radius 1 is 0.727 bits per heavy atom. The lowest BCUT2D eigenvalue weighted by atomic mass is 10.1. The second kappa shape index (κ2) is 22.9. The molecular weight excluding hydrogens is 724 g/mol. The molecule has 0 bridgehead atoms. The fourth-order valence-electron chi connectivity index (χ4n) is 5.23. The molecule has 0 spiro atoms. The van der Waals surface area contributed by atoms with Crippen molar-refractivity contribution in [3.63, 3.8) is 0 Å². The summed E-state index contributed by atoms with van der Waals surface area (Å²) in [6.07, 6.45) is 1.25. The molecule has 0 fully saturated rings. The number of unbranched alkanes of at least 4 members (excludes halogenated alkanes) is 1. The molecule has 1 heterocycles. The summed E-state index contributed by atoms with van der Waals surface area (Å²) in [5.74, 6) is -8.55. The Labute approximate surface area is 315 Å². The van der Waals surface area contributed by atoms with Gasteiger partial charge in [-0.05, 0) is 63.6 Å². The molecule has 21 heteroatoms. The van der Waals surface area contributed by atoms with Gasteiger partial charge in [0.1, 0.15) is 24.2 Å². The monoisotopic (exact) mass is 774 g/mol. The molecule has 21 nitrogen and oxygen atoms in total. The van der Waals surface area contributed by atoms with E-state index in [4.69, 9.17) is 22.3 Å². The summed E-state index contributed by atoms with van der Waals surface area (Å²) < 4.78 is 0. The van der Waals surface area contributed by atoms with Gasteiger partial charge in [-0.2, -0.15) is 0 Å². The van der Waals surface area contributed by atoms with Crippen molar-refractivity contribution in [1.82, 2.24) is 36.9 Å². The van der Waals surface area contributed by atoms with Gasteiger partial charge in [-0.3, -0.25) is 38.4 Å². The van der Waals surface area contributed by atoms with Crippen LogP contribution in [0.1, 0.15) is 57.4 Å². The van der Waals surface area contributed by atoms with Crippen LogP contribution in [0.5, 0.6) is 0 Å². The number of aromatic nitrogens is 1. The van der Waals surface area contributed by atoms with Gasteiger partial charge in [-0.25, -0.2) is 4.79 Å². The highest BCUT2D eigenvalue weighted by molar-refractivity contribution is 5.96. The second-order valence-corrected chi connectivity index (χ2v) is 12.7. The molecule has 0 radical (unpaired) electrons. The number of nitrogens with two attached hydrogens (primary N) is 3. The van der Waals surface area contributed by atoms with Crippen LogP contribution in [0.3, 0.4) is 0 Å². The van der Waals surface area contributed by atoms with Crippen LogP contribution in [0, 0.1) is 0 Å². The minimum Gasteiger partial charge on any atom is -0.481 e. The Morgan fingerprint density at radius 3 is 1.96 bits per heavy atom. The van der Waals surface area contributed by atoms with E-state index in [-0.39, 0.29) is 25.7 Å². The number of aromatic amines is 1. The highest BCUT2D eigenvalue weighted by Gasteiger charge is 2.29. The average molecular weight is 775 g/mol. The van der Waals surface area contributed by atoms with Gasteiger partial charge in [0, 0.05) is 29.9 Å². The number of amides is 7. The molecule has 0 aliphatic heterocycles. The zero-order valence-corrected chi connectivity index (χ0v) is 30.4. The minimum atomic E-state index is -1.49. The van der Waals surface area contributed by atoms with Crippen molar-refractivity contribution in [1.29, 1.82) is 0 Å². The Kier molecular flexibility index (Phi) is 18.7. The number of carboxylic acid groups (broad SMARTS) is 2. The number of aliphatic carboxylic acids is 2. The normalized spacial score (nSPS) is 13.6. The molecule has 5 atom stereocenters. The number of carbonyl (C=O) groups is 9. The molecule has 0 saturated heterocycles. The fourth-order valence-corrected chi connectivity index (χ4v) is 5.23. The van der Waals surface area contributed by atoms with E-state index in [2.05, 4.69) is 36.9 Å². The standard InChI is InChI=1S/C34H50N10O11/c1-18(41-27(46)16-39-31(51)21(36)14-19-15-38-22-7-3-2-6-20(19)22)30(50)43-23(10-12-29(48)49)32(52)40-17-28(47)42-24(9-11-26(37)45)33(53)44-25(34(54)55)8-4-5-13-35/h2-3,6-7,15,18,21,23-25,38H,4-5,8-14,16-17,35-36H2,1H3,(H2,37,45)(H,39,51)(H,40,52)(H,41,46)(H,42,47)(H,43,50)(H,44,53)(H,48,49)(H,54,55)/t18-,21-,23-,24-,25-/m0/s1. The molecule has 0 saturated carbocycles. The number of hydrogen-bond donors (Lipinski definition) is 12. The first-order valence-corrected chi connectivity index (χ1v) is 17.5. The van der Waals surface area contributed by atoms with E-state index in [1.807, 2.05) is 24.3 Å². The molecule has 2 aromatic rings. The van der Waals surface area contributed by atoms with Gasteiger partial charge in [-0.1, -0.05) is 18.2 Å². The van der Waals surface area contributed by atoms with Gasteiger partial charge in [0.2, 0.25) is 41.4 Å². The van der Waals surface area contributed by atoms with Gasteiger partial charge in [0.15, 0.2) is 0 Å². The van der Waals surface area contributed by atoms with Crippen LogP contribution in [0.25, 0.3) is 10.9 Å². The molecule has 15 N–H and O–H groups in total. The molecule has 2 rings (SSSR count). The Hall–Kier alpha value is -6.09. The maximum atomic E-state index is 13.0. The Balaban J connectivity index is 1.93. The Morgan fingerprint density at radius 2 is 1.33 bits per heavy atom. The van der Waals surface area contributed by atoms with Crippen LogP contribution >= 0.6 is 0 Å². The maximum Gasteiger partial charge on any atom is 0.326 e. The van der Waals surface area contributed by atoms with Crippen molar-refractivity contribution < 1.29 is 53.4 Å². The highest BCUT2D eigenvalue weighted by Crippen LogP contribution is 2.18. The van der Waals surface area contributed by atoms with E-state index in [0.717, 1.165) is 16.5 Å². The first-order chi connectivity index (χ1) is 26.0. The molecule has 7 amide bonds. The molecule has 1 aromatic heterocycles. The average Bonchev–Trinajstić information content (AvgIpc) is 3.54. The molecule has 0 aliphatic rings. The lowest BCUT2D eigenvalue weighted by Gasteiger charge is -2.22. The predicted octanol–water partition coefficient (Wildman–Crippen LogP) is -3.43. The topological polar surface area (TPSA) is 360 Å². The third kappa shape index (κ3) is 16.2. The van der Waals surface area contributed by atoms with Crippen molar-refractivity contribution in [2.24, 2.45) is 17.2 Å².